The summed E-state index contributed by atoms with van der Waals surface area (Å²) in [5.74, 6) is 0.661. The predicted octanol–water partition coefficient (Wildman–Crippen LogP) is 1.84. The van der Waals surface area contributed by atoms with Crippen molar-refractivity contribution < 1.29 is 0 Å². The number of nitrogen functional groups attached to an aromatic ring is 2. The standard InChI is InChI=1S/C9H8ClN5S/c10-5-2-1-3-8(13-5)16-9-14-6(11)4-7(12)15-9/h1-4H,(H4,11,12,14,15). The van der Waals surface area contributed by atoms with Gasteiger partial charge in [0.25, 0.3) is 0 Å². The molecular weight excluding hydrogens is 246 g/mol. The lowest BCUT2D eigenvalue weighted by Crippen LogP contribution is -1.99. The van der Waals surface area contributed by atoms with E-state index in [1.54, 1.807) is 18.2 Å². The van der Waals surface area contributed by atoms with Gasteiger partial charge in [0.05, 0.1) is 0 Å². The second kappa shape index (κ2) is 4.54. The van der Waals surface area contributed by atoms with Crippen molar-refractivity contribution in [3.63, 3.8) is 0 Å². The molecule has 5 nitrogen and oxygen atoms in total. The maximum atomic E-state index is 5.76. The van der Waals surface area contributed by atoms with Gasteiger partial charge >= 0.3 is 0 Å². The molecule has 0 saturated heterocycles. The van der Waals surface area contributed by atoms with Gasteiger partial charge < -0.3 is 11.5 Å². The fourth-order valence-corrected chi connectivity index (χ4v) is 2.04. The molecule has 0 unspecified atom stereocenters. The molecule has 0 amide bonds. The van der Waals surface area contributed by atoms with Gasteiger partial charge in [-0.3, -0.25) is 0 Å². The SMILES string of the molecule is Nc1cc(N)nc(Sc2cccc(Cl)n2)n1. The Morgan fingerprint density at radius 3 is 2.38 bits per heavy atom. The van der Waals surface area contributed by atoms with Crippen LogP contribution in [0.3, 0.4) is 0 Å². The average molecular weight is 254 g/mol. The van der Waals surface area contributed by atoms with Gasteiger partial charge in [0, 0.05) is 6.07 Å². The summed E-state index contributed by atoms with van der Waals surface area (Å²) in [7, 11) is 0. The van der Waals surface area contributed by atoms with Crippen LogP contribution < -0.4 is 11.5 Å². The van der Waals surface area contributed by atoms with Crippen LogP contribution in [0, 0.1) is 0 Å². The minimum Gasteiger partial charge on any atom is -0.383 e. The molecule has 0 spiro atoms. The van der Waals surface area contributed by atoms with E-state index in [1.807, 2.05) is 0 Å². The molecule has 2 aromatic rings. The van der Waals surface area contributed by atoms with Crippen LogP contribution in [-0.2, 0) is 0 Å². The number of nitrogens with two attached hydrogens (primary N) is 2. The van der Waals surface area contributed by atoms with Gasteiger partial charge in [0.1, 0.15) is 21.8 Å². The summed E-state index contributed by atoms with van der Waals surface area (Å²) >= 11 is 7.01. The summed E-state index contributed by atoms with van der Waals surface area (Å²) in [5, 5.41) is 1.56. The van der Waals surface area contributed by atoms with Crippen molar-refractivity contribution in [1.29, 1.82) is 0 Å². The topological polar surface area (TPSA) is 90.7 Å². The van der Waals surface area contributed by atoms with Crippen LogP contribution in [0.4, 0.5) is 11.6 Å². The molecule has 0 saturated carbocycles. The molecule has 0 radical (unpaired) electrons. The van der Waals surface area contributed by atoms with Crippen LogP contribution >= 0.6 is 23.4 Å². The Hall–Kier alpha value is -1.53. The maximum absolute atomic E-state index is 5.76. The summed E-state index contributed by atoms with van der Waals surface area (Å²) < 4.78 is 0. The molecule has 16 heavy (non-hydrogen) atoms. The molecule has 0 aliphatic heterocycles. The van der Waals surface area contributed by atoms with Gasteiger partial charge in [-0.05, 0) is 23.9 Å². The molecule has 2 heterocycles. The zero-order valence-corrected chi connectivity index (χ0v) is 9.66. The van der Waals surface area contributed by atoms with Crippen LogP contribution in [0.5, 0.6) is 0 Å². The Bertz CT molecular complexity index is 499. The monoisotopic (exact) mass is 253 g/mol. The van der Waals surface area contributed by atoms with E-state index in [2.05, 4.69) is 15.0 Å². The number of rotatable bonds is 2. The first kappa shape index (κ1) is 11.0. The quantitative estimate of drug-likeness (QED) is 0.627. The first-order valence-corrected chi connectivity index (χ1v) is 5.53. The highest BCUT2D eigenvalue weighted by Crippen LogP contribution is 2.24. The van der Waals surface area contributed by atoms with Crippen molar-refractivity contribution in [1.82, 2.24) is 15.0 Å². The summed E-state index contributed by atoms with van der Waals surface area (Å²) in [5.41, 5.74) is 11.1. The Morgan fingerprint density at radius 1 is 1.06 bits per heavy atom. The van der Waals surface area contributed by atoms with Crippen molar-refractivity contribution in [2.24, 2.45) is 0 Å². The van der Waals surface area contributed by atoms with Gasteiger partial charge in [-0.1, -0.05) is 17.7 Å². The maximum Gasteiger partial charge on any atom is 0.197 e. The summed E-state index contributed by atoms with van der Waals surface area (Å²) in [6.07, 6.45) is 0. The van der Waals surface area contributed by atoms with E-state index >= 15 is 0 Å². The van der Waals surface area contributed by atoms with Gasteiger partial charge in [0.15, 0.2) is 5.16 Å². The smallest absolute Gasteiger partial charge is 0.197 e. The summed E-state index contributed by atoms with van der Waals surface area (Å²) in [6.45, 7) is 0. The minimum atomic E-state index is 0.331. The van der Waals surface area contributed by atoms with E-state index in [0.29, 0.717) is 27.0 Å². The van der Waals surface area contributed by atoms with E-state index in [1.165, 1.54) is 17.8 Å². The van der Waals surface area contributed by atoms with Crippen LogP contribution in [0.25, 0.3) is 0 Å². The van der Waals surface area contributed by atoms with E-state index in [0.717, 1.165) is 0 Å². The molecule has 82 valence electrons. The number of anilines is 2. The molecule has 0 bridgehead atoms. The number of hydrogen-bond acceptors (Lipinski definition) is 6. The van der Waals surface area contributed by atoms with Crippen molar-refractivity contribution in [2.45, 2.75) is 10.2 Å². The predicted molar refractivity (Wildman–Crippen MR) is 64.2 cm³/mol. The highest BCUT2D eigenvalue weighted by Gasteiger charge is 2.04. The lowest BCUT2D eigenvalue weighted by atomic mass is 10.5. The van der Waals surface area contributed by atoms with Gasteiger partial charge in [-0.2, -0.15) is 0 Å². The fraction of sp³-hybridized carbons (Fsp3) is 0. The molecule has 2 rings (SSSR count). The number of pyridine rings is 1. The Morgan fingerprint density at radius 2 is 1.75 bits per heavy atom. The third kappa shape index (κ3) is 2.74. The van der Waals surface area contributed by atoms with Crippen molar-refractivity contribution in [3.8, 4) is 0 Å². The number of hydrogen-bond donors (Lipinski definition) is 2. The molecule has 0 aliphatic carbocycles. The zero-order chi connectivity index (χ0) is 11.5. The first-order chi connectivity index (χ1) is 7.63. The second-order valence-electron chi connectivity index (χ2n) is 2.90. The molecule has 0 aromatic carbocycles. The van der Waals surface area contributed by atoms with Gasteiger partial charge in [-0.15, -0.1) is 0 Å². The van der Waals surface area contributed by atoms with Gasteiger partial charge in [-0.25, -0.2) is 15.0 Å². The highest BCUT2D eigenvalue weighted by atomic mass is 35.5. The zero-order valence-electron chi connectivity index (χ0n) is 8.09. The highest BCUT2D eigenvalue weighted by molar-refractivity contribution is 7.99. The Kier molecular flexibility index (Phi) is 3.12. The summed E-state index contributed by atoms with van der Waals surface area (Å²) in [4.78, 5) is 12.1. The normalized spacial score (nSPS) is 10.3. The molecular formula is C9H8ClN5S. The Labute approximate surface area is 101 Å². The van der Waals surface area contributed by atoms with Crippen LogP contribution in [0.15, 0.2) is 34.4 Å². The molecule has 7 heteroatoms. The van der Waals surface area contributed by atoms with E-state index < -0.39 is 0 Å². The van der Waals surface area contributed by atoms with Crippen LogP contribution in [0.1, 0.15) is 0 Å². The van der Waals surface area contributed by atoms with Gasteiger partial charge in [0.2, 0.25) is 0 Å². The Balaban J connectivity index is 2.27. The number of halogens is 1. The van der Waals surface area contributed by atoms with Crippen molar-refractivity contribution >= 4 is 35.0 Å². The number of nitrogens with zero attached hydrogens (tertiary/aromatic N) is 3. The molecule has 2 aromatic heterocycles. The lowest BCUT2D eigenvalue weighted by molar-refractivity contribution is 0.977. The fourth-order valence-electron chi connectivity index (χ4n) is 1.05. The van der Waals surface area contributed by atoms with Crippen molar-refractivity contribution in [2.75, 3.05) is 11.5 Å². The lowest BCUT2D eigenvalue weighted by Gasteiger charge is -2.01. The van der Waals surface area contributed by atoms with E-state index in [-0.39, 0.29) is 0 Å². The molecule has 0 aliphatic rings. The minimum absolute atomic E-state index is 0.331. The van der Waals surface area contributed by atoms with E-state index in [9.17, 15) is 0 Å². The third-order valence-electron chi connectivity index (χ3n) is 1.63. The molecule has 0 atom stereocenters. The average Bonchev–Trinajstić information content (AvgIpc) is 2.15. The third-order valence-corrected chi connectivity index (χ3v) is 2.64. The van der Waals surface area contributed by atoms with Crippen LogP contribution in [-0.4, -0.2) is 15.0 Å². The van der Waals surface area contributed by atoms with E-state index in [4.69, 9.17) is 23.1 Å². The van der Waals surface area contributed by atoms with Crippen molar-refractivity contribution in [3.05, 3.63) is 29.4 Å². The molecule has 0 fully saturated rings. The first-order valence-electron chi connectivity index (χ1n) is 4.34. The largest absolute Gasteiger partial charge is 0.383 e. The summed E-state index contributed by atoms with van der Waals surface area (Å²) in [6, 6.07) is 6.79. The van der Waals surface area contributed by atoms with Crippen LogP contribution in [0.2, 0.25) is 5.15 Å². The molecule has 4 N–H and O–H groups in total. The second-order valence-corrected chi connectivity index (χ2v) is 4.28. The number of aromatic nitrogens is 3.